The number of carbonyl (C=O) groups excluding carboxylic acids is 2. The first-order valence-electron chi connectivity index (χ1n) is 9.89. The number of piperidine rings is 1. The highest BCUT2D eigenvalue weighted by molar-refractivity contribution is 8.00. The highest BCUT2D eigenvalue weighted by Crippen LogP contribution is 2.44. The molecule has 1 N–H and O–H groups in total. The van der Waals surface area contributed by atoms with Crippen LogP contribution in [-0.4, -0.2) is 58.6 Å². The number of anilines is 1. The number of carbonyl (C=O) groups is 2. The monoisotopic (exact) mass is 431 g/mol. The molecular weight excluding hydrogens is 406 g/mol. The average molecular weight is 432 g/mol. The van der Waals surface area contributed by atoms with Gasteiger partial charge in [0, 0.05) is 31.1 Å². The Morgan fingerprint density at radius 3 is 2.55 bits per heavy atom. The Bertz CT molecular complexity index is 847. The van der Waals surface area contributed by atoms with Crippen LogP contribution in [0.4, 0.5) is 10.5 Å². The topological polar surface area (TPSA) is 61.9 Å². The van der Waals surface area contributed by atoms with Gasteiger partial charge in [0.25, 0.3) is 5.91 Å². The van der Waals surface area contributed by atoms with E-state index in [2.05, 4.69) is 5.32 Å². The molecule has 6 nitrogen and oxygen atoms in total. The van der Waals surface area contributed by atoms with Crippen LogP contribution in [0.15, 0.2) is 41.8 Å². The molecule has 0 aliphatic carbocycles. The lowest BCUT2D eigenvalue weighted by Crippen LogP contribution is -2.54. The molecule has 0 bridgehead atoms. The normalized spacial score (nSPS) is 18.1. The number of thioether (sulfide) groups is 1. The van der Waals surface area contributed by atoms with Gasteiger partial charge in [0.2, 0.25) is 0 Å². The number of nitrogens with one attached hydrogen (secondary N) is 1. The first-order valence-corrected chi connectivity index (χ1v) is 11.8. The van der Waals surface area contributed by atoms with Crippen molar-refractivity contribution in [2.75, 3.05) is 37.3 Å². The van der Waals surface area contributed by atoms with E-state index in [1.54, 1.807) is 0 Å². The summed E-state index contributed by atoms with van der Waals surface area (Å²) >= 11 is 3.35. The van der Waals surface area contributed by atoms with E-state index in [1.807, 2.05) is 70.3 Å². The number of ether oxygens (including phenoxy) is 1. The molecule has 0 unspecified atom stereocenters. The smallest absolute Gasteiger partial charge is 0.321 e. The number of likely N-dealkylation sites (tertiary alicyclic amines) is 1. The average Bonchev–Trinajstić information content (AvgIpc) is 3.40. The summed E-state index contributed by atoms with van der Waals surface area (Å²) in [6, 6.07) is 11.1. The molecule has 1 aromatic carbocycles. The van der Waals surface area contributed by atoms with Gasteiger partial charge >= 0.3 is 6.03 Å². The molecule has 0 radical (unpaired) electrons. The summed E-state index contributed by atoms with van der Waals surface area (Å²) in [5.74, 6) is 1.87. The van der Waals surface area contributed by atoms with E-state index in [0.717, 1.165) is 41.5 Å². The van der Waals surface area contributed by atoms with Crippen molar-refractivity contribution in [1.29, 1.82) is 0 Å². The third kappa shape index (κ3) is 4.23. The number of benzene rings is 1. The molecule has 8 heteroatoms. The molecule has 2 aromatic rings. The van der Waals surface area contributed by atoms with Gasteiger partial charge in [0.1, 0.15) is 5.75 Å². The molecule has 0 atom stereocenters. The van der Waals surface area contributed by atoms with Gasteiger partial charge in [-0.3, -0.25) is 4.79 Å². The molecule has 2 saturated heterocycles. The van der Waals surface area contributed by atoms with E-state index in [1.165, 1.54) is 11.3 Å². The Balaban J connectivity index is 1.35. The second-order valence-corrected chi connectivity index (χ2v) is 9.51. The van der Waals surface area contributed by atoms with Crippen molar-refractivity contribution < 1.29 is 14.3 Å². The minimum atomic E-state index is -0.184. The molecular formula is C21H25N3O3S2. The van der Waals surface area contributed by atoms with E-state index in [9.17, 15) is 9.59 Å². The van der Waals surface area contributed by atoms with Crippen molar-refractivity contribution in [2.24, 2.45) is 0 Å². The van der Waals surface area contributed by atoms with Crippen LogP contribution in [-0.2, 0) is 0 Å². The maximum atomic E-state index is 12.9. The van der Waals surface area contributed by atoms with Gasteiger partial charge in [-0.25, -0.2) is 4.79 Å². The first-order chi connectivity index (χ1) is 14.1. The number of amides is 3. The Labute approximate surface area is 179 Å². The molecule has 29 heavy (non-hydrogen) atoms. The Morgan fingerprint density at radius 2 is 1.90 bits per heavy atom. The second-order valence-electron chi connectivity index (χ2n) is 7.10. The summed E-state index contributed by atoms with van der Waals surface area (Å²) in [7, 11) is 0. The van der Waals surface area contributed by atoms with E-state index in [0.29, 0.717) is 19.7 Å². The van der Waals surface area contributed by atoms with Crippen LogP contribution in [0, 0.1) is 0 Å². The number of urea groups is 1. The minimum absolute atomic E-state index is 0.0943. The van der Waals surface area contributed by atoms with Gasteiger partial charge in [0.05, 0.1) is 16.4 Å². The van der Waals surface area contributed by atoms with Crippen LogP contribution in [0.25, 0.3) is 0 Å². The van der Waals surface area contributed by atoms with Gasteiger partial charge in [-0.1, -0.05) is 6.07 Å². The molecule has 3 heterocycles. The van der Waals surface area contributed by atoms with E-state index >= 15 is 0 Å². The lowest BCUT2D eigenvalue weighted by atomic mass is 10.0. The largest absolute Gasteiger partial charge is 0.494 e. The minimum Gasteiger partial charge on any atom is -0.494 e. The zero-order valence-electron chi connectivity index (χ0n) is 16.4. The summed E-state index contributed by atoms with van der Waals surface area (Å²) in [4.78, 5) is 30.1. The maximum Gasteiger partial charge on any atom is 0.321 e. The van der Waals surface area contributed by atoms with Crippen molar-refractivity contribution in [3.05, 3.63) is 46.7 Å². The third-order valence-electron chi connectivity index (χ3n) is 5.40. The fourth-order valence-electron chi connectivity index (χ4n) is 3.91. The fraction of sp³-hybridized carbons (Fsp3) is 0.429. The lowest BCUT2D eigenvalue weighted by Gasteiger charge is -2.43. The molecule has 2 fully saturated rings. The molecule has 1 aromatic heterocycles. The molecule has 4 rings (SSSR count). The van der Waals surface area contributed by atoms with Crippen LogP contribution in [0.2, 0.25) is 0 Å². The van der Waals surface area contributed by atoms with E-state index < -0.39 is 0 Å². The zero-order chi connectivity index (χ0) is 20.3. The standard InChI is InChI=1S/C21H25N3O3S2/c1-2-27-17-7-5-16(6-8-17)22-20(26)23-11-9-21(10-12-23)24(13-15-29-21)19(25)18-4-3-14-28-18/h3-8,14H,2,9-13,15H2,1H3,(H,22,26). The molecule has 0 saturated carbocycles. The summed E-state index contributed by atoms with van der Waals surface area (Å²) in [6.45, 7) is 4.62. The van der Waals surface area contributed by atoms with E-state index in [-0.39, 0.29) is 16.8 Å². The highest BCUT2D eigenvalue weighted by atomic mass is 32.2. The summed E-state index contributed by atoms with van der Waals surface area (Å²) in [6.07, 6.45) is 1.59. The summed E-state index contributed by atoms with van der Waals surface area (Å²) < 4.78 is 5.43. The maximum absolute atomic E-state index is 12.9. The molecule has 2 aliphatic rings. The molecule has 3 amide bonds. The molecule has 1 spiro atoms. The van der Waals surface area contributed by atoms with Crippen LogP contribution < -0.4 is 10.1 Å². The van der Waals surface area contributed by atoms with Crippen molar-refractivity contribution >= 4 is 40.7 Å². The van der Waals surface area contributed by atoms with Crippen LogP contribution >= 0.6 is 23.1 Å². The second kappa shape index (κ2) is 8.67. The van der Waals surface area contributed by atoms with Crippen molar-refractivity contribution in [2.45, 2.75) is 24.6 Å². The number of nitrogens with zero attached hydrogens (tertiary/aromatic N) is 2. The number of thiophene rings is 1. The molecule has 154 valence electrons. The van der Waals surface area contributed by atoms with Crippen molar-refractivity contribution in [3.63, 3.8) is 0 Å². The van der Waals surface area contributed by atoms with Crippen molar-refractivity contribution in [1.82, 2.24) is 9.80 Å². The van der Waals surface area contributed by atoms with Gasteiger partial charge in [-0.2, -0.15) is 0 Å². The Kier molecular flexibility index (Phi) is 6.01. The number of hydrogen-bond acceptors (Lipinski definition) is 5. The van der Waals surface area contributed by atoms with Crippen LogP contribution in [0.3, 0.4) is 0 Å². The number of hydrogen-bond donors (Lipinski definition) is 1. The quantitative estimate of drug-likeness (QED) is 0.781. The zero-order valence-corrected chi connectivity index (χ0v) is 18.1. The number of rotatable bonds is 4. The highest BCUT2D eigenvalue weighted by Gasteiger charge is 2.47. The van der Waals surface area contributed by atoms with Gasteiger partial charge in [-0.15, -0.1) is 23.1 Å². The van der Waals surface area contributed by atoms with Crippen molar-refractivity contribution in [3.8, 4) is 5.75 Å². The predicted molar refractivity (Wildman–Crippen MR) is 118 cm³/mol. The van der Waals surface area contributed by atoms with Gasteiger partial charge < -0.3 is 19.9 Å². The van der Waals surface area contributed by atoms with Crippen LogP contribution in [0.1, 0.15) is 29.4 Å². The predicted octanol–water partition coefficient (Wildman–Crippen LogP) is 4.36. The fourth-order valence-corrected chi connectivity index (χ4v) is 6.03. The lowest BCUT2D eigenvalue weighted by molar-refractivity contribution is 0.0590. The Hall–Kier alpha value is -2.19. The summed E-state index contributed by atoms with van der Waals surface area (Å²) in [5.41, 5.74) is 0.753. The van der Waals surface area contributed by atoms with E-state index in [4.69, 9.17) is 4.74 Å². The van der Waals surface area contributed by atoms with Gasteiger partial charge in [-0.05, 0) is 55.5 Å². The Morgan fingerprint density at radius 1 is 1.14 bits per heavy atom. The summed E-state index contributed by atoms with van der Waals surface area (Å²) in [5, 5.41) is 4.90. The SMILES string of the molecule is CCOc1ccc(NC(=O)N2CCC3(CC2)SCCN3C(=O)c2cccs2)cc1. The third-order valence-corrected chi connectivity index (χ3v) is 7.81. The molecule has 2 aliphatic heterocycles. The van der Waals surface area contributed by atoms with Gasteiger partial charge in [0.15, 0.2) is 0 Å². The first kappa shape index (κ1) is 20.1. The van der Waals surface area contributed by atoms with Crippen LogP contribution in [0.5, 0.6) is 5.75 Å².